The average Bonchev–Trinajstić information content (AvgIpc) is 3.00. The van der Waals surface area contributed by atoms with Crippen LogP contribution in [0.15, 0.2) is 43.0 Å². The zero-order valence-electron chi connectivity index (χ0n) is 11.9. The van der Waals surface area contributed by atoms with E-state index in [0.717, 1.165) is 43.5 Å². The first kappa shape index (κ1) is 14.6. The van der Waals surface area contributed by atoms with Crippen LogP contribution in [-0.2, 0) is 6.54 Å². The van der Waals surface area contributed by atoms with Gasteiger partial charge in [0, 0.05) is 18.9 Å². The maximum atomic E-state index is 10.1. The van der Waals surface area contributed by atoms with Gasteiger partial charge in [0.25, 0.3) is 0 Å². The first-order valence-corrected chi connectivity index (χ1v) is 7.07. The molecule has 1 aromatic carbocycles. The van der Waals surface area contributed by atoms with Crippen molar-refractivity contribution in [1.82, 2.24) is 9.55 Å². The second-order valence-corrected chi connectivity index (χ2v) is 4.94. The molecule has 20 heavy (non-hydrogen) atoms. The molecule has 0 radical (unpaired) electrons. The van der Waals surface area contributed by atoms with E-state index >= 15 is 0 Å². The second-order valence-electron chi connectivity index (χ2n) is 4.94. The van der Waals surface area contributed by atoms with E-state index in [4.69, 9.17) is 4.74 Å². The molecule has 0 spiro atoms. The fourth-order valence-corrected chi connectivity index (χ4v) is 2.22. The van der Waals surface area contributed by atoms with Crippen LogP contribution in [0.25, 0.3) is 0 Å². The molecule has 1 N–H and O–H groups in total. The first-order chi connectivity index (χ1) is 9.79. The summed E-state index contributed by atoms with van der Waals surface area (Å²) in [6.07, 6.45) is 9.30. The summed E-state index contributed by atoms with van der Waals surface area (Å²) in [4.78, 5) is 4.02. The number of imidazole rings is 1. The van der Waals surface area contributed by atoms with Crippen LogP contribution >= 0.6 is 0 Å². The van der Waals surface area contributed by atoms with Gasteiger partial charge in [-0.15, -0.1) is 0 Å². The monoisotopic (exact) mass is 274 g/mol. The maximum Gasteiger partial charge on any atom is 0.118 e. The zero-order chi connectivity index (χ0) is 14.2. The number of benzene rings is 1. The number of ether oxygens (including phenoxy) is 1. The molecule has 0 aliphatic rings. The number of rotatable bonds is 8. The third kappa shape index (κ3) is 4.38. The van der Waals surface area contributed by atoms with Crippen LogP contribution in [-0.4, -0.2) is 21.8 Å². The van der Waals surface area contributed by atoms with Crippen molar-refractivity contribution in [1.29, 1.82) is 0 Å². The Morgan fingerprint density at radius 2 is 2.00 bits per heavy atom. The Bertz CT molecular complexity index is 480. The normalized spacial score (nSPS) is 12.3. The van der Waals surface area contributed by atoms with Gasteiger partial charge in [0.1, 0.15) is 5.75 Å². The molecule has 108 valence electrons. The van der Waals surface area contributed by atoms with E-state index in [1.54, 1.807) is 13.3 Å². The van der Waals surface area contributed by atoms with Gasteiger partial charge in [-0.3, -0.25) is 0 Å². The summed E-state index contributed by atoms with van der Waals surface area (Å²) in [6.45, 7) is 0.999. The zero-order valence-corrected chi connectivity index (χ0v) is 11.9. The molecule has 1 heterocycles. The van der Waals surface area contributed by atoms with Crippen molar-refractivity contribution in [2.75, 3.05) is 7.11 Å². The summed E-state index contributed by atoms with van der Waals surface area (Å²) < 4.78 is 7.19. The molecule has 1 atom stereocenters. The minimum Gasteiger partial charge on any atom is -0.497 e. The fourth-order valence-electron chi connectivity index (χ4n) is 2.22. The van der Waals surface area contributed by atoms with Gasteiger partial charge in [-0.25, -0.2) is 4.98 Å². The molecule has 4 nitrogen and oxygen atoms in total. The Hall–Kier alpha value is -1.81. The maximum absolute atomic E-state index is 10.1. The van der Waals surface area contributed by atoms with Crippen molar-refractivity contribution >= 4 is 0 Å². The third-order valence-electron chi connectivity index (χ3n) is 3.45. The first-order valence-electron chi connectivity index (χ1n) is 7.07. The molecule has 0 fully saturated rings. The van der Waals surface area contributed by atoms with Crippen molar-refractivity contribution < 1.29 is 9.84 Å². The molecule has 0 saturated heterocycles. The summed E-state index contributed by atoms with van der Waals surface area (Å²) in [5.74, 6) is 0.821. The highest BCUT2D eigenvalue weighted by molar-refractivity contribution is 5.28. The number of aliphatic hydroxyl groups excluding tert-OH is 1. The van der Waals surface area contributed by atoms with Crippen LogP contribution in [0.1, 0.15) is 37.4 Å². The van der Waals surface area contributed by atoms with Gasteiger partial charge in [0.2, 0.25) is 0 Å². The number of methoxy groups -OCH3 is 1. The largest absolute Gasteiger partial charge is 0.497 e. The lowest BCUT2D eigenvalue weighted by atomic mass is 10.0. The summed E-state index contributed by atoms with van der Waals surface area (Å²) in [5, 5.41) is 10.1. The Morgan fingerprint density at radius 1 is 1.20 bits per heavy atom. The predicted molar refractivity (Wildman–Crippen MR) is 78.6 cm³/mol. The lowest BCUT2D eigenvalue weighted by Gasteiger charge is -2.11. The van der Waals surface area contributed by atoms with Crippen LogP contribution in [0.5, 0.6) is 5.75 Å². The van der Waals surface area contributed by atoms with Crippen molar-refractivity contribution in [3.05, 3.63) is 48.5 Å². The topological polar surface area (TPSA) is 47.3 Å². The van der Waals surface area contributed by atoms with Gasteiger partial charge in [-0.2, -0.15) is 0 Å². The summed E-state index contributed by atoms with van der Waals surface area (Å²) in [5.41, 5.74) is 0.959. The van der Waals surface area contributed by atoms with Gasteiger partial charge >= 0.3 is 0 Å². The highest BCUT2D eigenvalue weighted by Crippen LogP contribution is 2.22. The van der Waals surface area contributed by atoms with Gasteiger partial charge in [0.15, 0.2) is 0 Å². The molecule has 0 saturated carbocycles. The third-order valence-corrected chi connectivity index (χ3v) is 3.45. The molecule has 0 bridgehead atoms. The molecule has 2 rings (SSSR count). The highest BCUT2D eigenvalue weighted by atomic mass is 16.5. The number of aromatic nitrogens is 2. The van der Waals surface area contributed by atoms with E-state index in [9.17, 15) is 5.11 Å². The number of aliphatic hydroxyl groups is 1. The van der Waals surface area contributed by atoms with E-state index in [2.05, 4.69) is 9.55 Å². The van der Waals surface area contributed by atoms with Gasteiger partial charge in [0.05, 0.1) is 19.5 Å². The van der Waals surface area contributed by atoms with Crippen LogP contribution in [0.3, 0.4) is 0 Å². The Kier molecular flexibility index (Phi) is 5.62. The Balaban J connectivity index is 1.65. The quantitative estimate of drug-likeness (QED) is 0.752. The molecule has 1 unspecified atom stereocenters. The summed E-state index contributed by atoms with van der Waals surface area (Å²) in [6, 6.07) is 7.62. The molecule has 4 heteroatoms. The average molecular weight is 274 g/mol. The van der Waals surface area contributed by atoms with E-state index < -0.39 is 0 Å². The minimum absolute atomic E-state index is 0.380. The van der Waals surface area contributed by atoms with Gasteiger partial charge < -0.3 is 14.4 Å². The highest BCUT2D eigenvalue weighted by Gasteiger charge is 2.07. The second kappa shape index (κ2) is 7.70. The van der Waals surface area contributed by atoms with Gasteiger partial charge in [-0.05, 0) is 30.5 Å². The lowest BCUT2D eigenvalue weighted by molar-refractivity contribution is 0.163. The molecule has 0 aliphatic carbocycles. The molecule has 0 amide bonds. The molecule has 2 aromatic rings. The number of hydrogen-bond donors (Lipinski definition) is 1. The summed E-state index contributed by atoms with van der Waals surface area (Å²) in [7, 11) is 1.64. The van der Waals surface area contributed by atoms with Crippen LogP contribution < -0.4 is 4.74 Å². The van der Waals surface area contributed by atoms with Crippen LogP contribution in [0, 0.1) is 0 Å². The number of hydrogen-bond acceptors (Lipinski definition) is 3. The Morgan fingerprint density at radius 3 is 2.65 bits per heavy atom. The smallest absolute Gasteiger partial charge is 0.118 e. The molecule has 1 aromatic heterocycles. The lowest BCUT2D eigenvalue weighted by Crippen LogP contribution is -1.99. The van der Waals surface area contributed by atoms with Crippen LogP contribution in [0.4, 0.5) is 0 Å². The van der Waals surface area contributed by atoms with Crippen molar-refractivity contribution in [3.63, 3.8) is 0 Å². The standard InChI is InChI=1S/C16H22N2O2/c1-20-15-8-6-14(7-9-15)16(19)5-3-2-4-11-18-12-10-17-13-18/h6-10,12-13,16,19H,2-5,11H2,1H3. The van der Waals surface area contributed by atoms with E-state index in [-0.39, 0.29) is 6.10 Å². The van der Waals surface area contributed by atoms with E-state index in [1.165, 1.54) is 0 Å². The number of nitrogens with zero attached hydrogens (tertiary/aromatic N) is 2. The van der Waals surface area contributed by atoms with Crippen molar-refractivity contribution in [3.8, 4) is 5.75 Å². The van der Waals surface area contributed by atoms with Crippen molar-refractivity contribution in [2.24, 2.45) is 0 Å². The van der Waals surface area contributed by atoms with Crippen molar-refractivity contribution in [2.45, 2.75) is 38.3 Å². The molecule has 0 aliphatic heterocycles. The summed E-state index contributed by atoms with van der Waals surface area (Å²) >= 11 is 0. The van der Waals surface area contributed by atoms with Crippen LogP contribution in [0.2, 0.25) is 0 Å². The molecular weight excluding hydrogens is 252 g/mol. The number of unbranched alkanes of at least 4 members (excludes halogenated alkanes) is 2. The van der Waals surface area contributed by atoms with Gasteiger partial charge in [-0.1, -0.05) is 25.0 Å². The fraction of sp³-hybridized carbons (Fsp3) is 0.438. The number of aryl methyl sites for hydroxylation is 1. The SMILES string of the molecule is COc1ccc(C(O)CCCCCn2ccnc2)cc1. The van der Waals surface area contributed by atoms with E-state index in [1.807, 2.05) is 36.8 Å². The predicted octanol–water partition coefficient (Wildman–Crippen LogP) is 3.19. The van der Waals surface area contributed by atoms with E-state index in [0.29, 0.717) is 0 Å². The Labute approximate surface area is 120 Å². The molecular formula is C16H22N2O2. The minimum atomic E-state index is -0.380.